The van der Waals surface area contributed by atoms with E-state index in [0.717, 1.165) is 5.69 Å². The van der Waals surface area contributed by atoms with E-state index in [-0.39, 0.29) is 28.3 Å². The number of carbonyl (C=O) groups is 1. The molecule has 4 aromatic rings. The van der Waals surface area contributed by atoms with E-state index in [1.165, 1.54) is 33.5 Å². The number of nitrogens with one attached hydrogen (secondary N) is 1. The van der Waals surface area contributed by atoms with Gasteiger partial charge in [0.05, 0.1) is 27.0 Å². The molecule has 5 rings (SSSR count). The molecule has 1 saturated heterocycles. The second kappa shape index (κ2) is 12.1. The van der Waals surface area contributed by atoms with Crippen LogP contribution in [0.15, 0.2) is 58.1 Å². The Morgan fingerprint density at radius 1 is 0.932 bits per heavy atom. The van der Waals surface area contributed by atoms with Crippen molar-refractivity contribution in [3.63, 3.8) is 0 Å². The molecule has 1 N–H and O–H groups in total. The highest BCUT2D eigenvalue weighted by molar-refractivity contribution is 7.93. The fraction of sp³-hybridized carbons (Fsp3) is 0.367. The van der Waals surface area contributed by atoms with Gasteiger partial charge in [-0.3, -0.25) is 9.71 Å². The van der Waals surface area contributed by atoms with Crippen molar-refractivity contribution in [2.75, 3.05) is 57.1 Å². The molecule has 2 aromatic heterocycles. The van der Waals surface area contributed by atoms with Crippen LogP contribution in [0.25, 0.3) is 22.2 Å². The summed E-state index contributed by atoms with van der Waals surface area (Å²) in [6, 6.07) is 12.0. The molecule has 0 saturated carbocycles. The third-order valence-electron chi connectivity index (χ3n) is 6.98. The maximum absolute atomic E-state index is 13.5. The van der Waals surface area contributed by atoms with Gasteiger partial charge < -0.3 is 33.3 Å². The topological polar surface area (TPSA) is 146 Å². The number of anilines is 2. The van der Waals surface area contributed by atoms with Crippen LogP contribution in [-0.4, -0.2) is 82.7 Å². The molecule has 0 bridgehead atoms. The molecule has 1 fully saturated rings. The van der Waals surface area contributed by atoms with Gasteiger partial charge in [0.2, 0.25) is 0 Å². The largest absolute Gasteiger partial charge is 0.496 e. The Hall–Kier alpha value is -4.72. The molecule has 0 aliphatic carbocycles. The Labute approximate surface area is 255 Å². The van der Waals surface area contributed by atoms with Gasteiger partial charge in [-0.05, 0) is 57.2 Å². The van der Waals surface area contributed by atoms with Crippen LogP contribution in [0.5, 0.6) is 17.2 Å². The van der Waals surface area contributed by atoms with Crippen LogP contribution < -0.4 is 23.8 Å². The number of fused-ring (bicyclic) bond motifs is 1. The fourth-order valence-electron chi connectivity index (χ4n) is 4.92. The minimum absolute atomic E-state index is 0.0547. The molecule has 44 heavy (non-hydrogen) atoms. The second-order valence-electron chi connectivity index (χ2n) is 11.0. The molecule has 14 heteroatoms. The Morgan fingerprint density at radius 3 is 2.20 bits per heavy atom. The SMILES string of the molecule is COc1cccc(OC)c1S(=O)(=O)Nc1noc2cc(-c3cc(N4CCN(C(=O)OC(C)(C)C)CC4)ccn3)cc(OC)c12. The summed E-state index contributed by atoms with van der Waals surface area (Å²) in [5.41, 5.74) is 2.01. The van der Waals surface area contributed by atoms with Gasteiger partial charge in [0.15, 0.2) is 16.3 Å². The first kappa shape index (κ1) is 30.7. The van der Waals surface area contributed by atoms with E-state index >= 15 is 0 Å². The third-order valence-corrected chi connectivity index (χ3v) is 8.38. The average Bonchev–Trinajstić information content (AvgIpc) is 3.41. The van der Waals surface area contributed by atoms with Crippen molar-refractivity contribution in [1.82, 2.24) is 15.0 Å². The standard InChI is InChI=1S/C30H35N5O8S/c1-30(2,3)42-29(36)35-14-12-34(13-15-35)20-10-11-31-21(18-20)19-16-24(41-6)26-25(17-19)43-32-28(26)33-44(37,38)27-22(39-4)8-7-9-23(27)40-5/h7-11,16-18H,12-15H2,1-6H3,(H,32,33). The molecule has 0 unspecified atom stereocenters. The third kappa shape index (κ3) is 6.30. The highest BCUT2D eigenvalue weighted by Gasteiger charge is 2.29. The molecule has 1 aliphatic rings. The fourth-order valence-corrected chi connectivity index (χ4v) is 6.25. The monoisotopic (exact) mass is 625 g/mol. The zero-order valence-corrected chi connectivity index (χ0v) is 26.2. The van der Waals surface area contributed by atoms with E-state index in [9.17, 15) is 13.2 Å². The lowest BCUT2D eigenvalue weighted by Crippen LogP contribution is -2.50. The number of benzene rings is 2. The summed E-state index contributed by atoms with van der Waals surface area (Å²) in [6.45, 7) is 7.88. The van der Waals surface area contributed by atoms with Crippen molar-refractivity contribution in [3.8, 4) is 28.5 Å². The number of ether oxygens (including phenoxy) is 4. The molecule has 3 heterocycles. The summed E-state index contributed by atoms with van der Waals surface area (Å²) in [7, 11) is 0.00469. The Bertz CT molecular complexity index is 1750. The van der Waals surface area contributed by atoms with Gasteiger partial charge >= 0.3 is 6.09 Å². The lowest BCUT2D eigenvalue weighted by molar-refractivity contribution is 0.0240. The van der Waals surface area contributed by atoms with E-state index < -0.39 is 15.6 Å². The summed E-state index contributed by atoms with van der Waals surface area (Å²) in [5, 5.41) is 4.33. The van der Waals surface area contributed by atoms with Crippen molar-refractivity contribution < 1.29 is 36.7 Å². The van der Waals surface area contributed by atoms with Crippen molar-refractivity contribution in [3.05, 3.63) is 48.7 Å². The van der Waals surface area contributed by atoms with Crippen molar-refractivity contribution in [2.24, 2.45) is 0 Å². The number of aromatic nitrogens is 2. The van der Waals surface area contributed by atoms with Crippen molar-refractivity contribution in [1.29, 1.82) is 0 Å². The molecule has 2 aromatic carbocycles. The number of rotatable bonds is 8. The lowest BCUT2D eigenvalue weighted by atomic mass is 10.1. The predicted octanol–water partition coefficient (Wildman–Crippen LogP) is 4.77. The van der Waals surface area contributed by atoms with Gasteiger partial charge in [0.25, 0.3) is 10.0 Å². The maximum Gasteiger partial charge on any atom is 0.410 e. The highest BCUT2D eigenvalue weighted by Crippen LogP contribution is 2.40. The van der Waals surface area contributed by atoms with Gasteiger partial charge in [0, 0.05) is 43.6 Å². The first-order valence-corrected chi connectivity index (χ1v) is 15.3. The minimum atomic E-state index is -4.21. The van der Waals surface area contributed by atoms with Crippen LogP contribution in [0.2, 0.25) is 0 Å². The second-order valence-corrected chi connectivity index (χ2v) is 12.7. The van der Waals surface area contributed by atoms with E-state index in [1.807, 2.05) is 32.9 Å². The number of sulfonamides is 1. The van der Waals surface area contributed by atoms with E-state index in [1.54, 1.807) is 29.3 Å². The van der Waals surface area contributed by atoms with Gasteiger partial charge in [-0.2, -0.15) is 0 Å². The quantitative estimate of drug-likeness (QED) is 0.289. The summed E-state index contributed by atoms with van der Waals surface area (Å²) >= 11 is 0. The van der Waals surface area contributed by atoms with Crippen LogP contribution in [0, 0.1) is 0 Å². The van der Waals surface area contributed by atoms with E-state index in [0.29, 0.717) is 54.2 Å². The van der Waals surface area contributed by atoms with Crippen LogP contribution in [-0.2, 0) is 14.8 Å². The normalized spacial score (nSPS) is 14.0. The smallest absolute Gasteiger partial charge is 0.410 e. The minimum Gasteiger partial charge on any atom is -0.496 e. The van der Waals surface area contributed by atoms with Crippen LogP contribution in [0.1, 0.15) is 20.8 Å². The number of hydrogen-bond acceptors (Lipinski definition) is 11. The summed E-state index contributed by atoms with van der Waals surface area (Å²) < 4.78 is 56.7. The first-order valence-electron chi connectivity index (χ1n) is 13.8. The molecule has 1 amide bonds. The van der Waals surface area contributed by atoms with Crippen LogP contribution in [0.4, 0.5) is 16.3 Å². The Morgan fingerprint density at radius 2 is 1.59 bits per heavy atom. The van der Waals surface area contributed by atoms with E-state index in [4.69, 9.17) is 23.5 Å². The number of carbonyl (C=O) groups excluding carboxylic acids is 1. The van der Waals surface area contributed by atoms with E-state index in [2.05, 4.69) is 19.8 Å². The molecule has 13 nitrogen and oxygen atoms in total. The summed E-state index contributed by atoms with van der Waals surface area (Å²) in [6.07, 6.45) is 1.39. The predicted molar refractivity (Wildman–Crippen MR) is 164 cm³/mol. The number of methoxy groups -OCH3 is 3. The molecule has 0 radical (unpaired) electrons. The first-order chi connectivity index (χ1) is 20.9. The van der Waals surface area contributed by atoms with Gasteiger partial charge in [-0.15, -0.1) is 0 Å². The molecular weight excluding hydrogens is 590 g/mol. The molecule has 1 aliphatic heterocycles. The average molecular weight is 626 g/mol. The molecule has 0 spiro atoms. The van der Waals surface area contributed by atoms with Crippen LogP contribution in [0.3, 0.4) is 0 Å². The highest BCUT2D eigenvalue weighted by atomic mass is 32.2. The van der Waals surface area contributed by atoms with Crippen molar-refractivity contribution >= 4 is 38.6 Å². The number of pyridine rings is 1. The summed E-state index contributed by atoms with van der Waals surface area (Å²) in [4.78, 5) is 20.7. The molecule has 234 valence electrons. The zero-order chi connectivity index (χ0) is 31.6. The summed E-state index contributed by atoms with van der Waals surface area (Å²) in [5.74, 6) is 0.495. The zero-order valence-electron chi connectivity index (χ0n) is 25.4. The maximum atomic E-state index is 13.5. The van der Waals surface area contributed by atoms with Gasteiger partial charge in [-0.1, -0.05) is 11.2 Å². The molecule has 0 atom stereocenters. The lowest BCUT2D eigenvalue weighted by Gasteiger charge is -2.36. The van der Waals surface area contributed by atoms with Crippen LogP contribution >= 0.6 is 0 Å². The number of piperazine rings is 1. The number of amides is 1. The van der Waals surface area contributed by atoms with Crippen molar-refractivity contribution in [2.45, 2.75) is 31.3 Å². The number of hydrogen-bond donors (Lipinski definition) is 1. The molecular formula is C30H35N5O8S. The van der Waals surface area contributed by atoms with Gasteiger partial charge in [-0.25, -0.2) is 13.2 Å². The van der Waals surface area contributed by atoms with Gasteiger partial charge in [0.1, 0.15) is 28.2 Å². The Balaban J connectivity index is 1.40. The Kier molecular flexibility index (Phi) is 8.46. The number of nitrogens with zero attached hydrogens (tertiary/aromatic N) is 4.